The Bertz CT molecular complexity index is 1240. The SMILES string of the molecule is CC(C)[C@H](NC(=O)COc1cccc2ccccc12)C(=O)N[C@@H](CC(=O)O)C(=O)COc1ccncn1. The number of carboxylic acid groups (broad SMARTS) is 1. The van der Waals surface area contributed by atoms with E-state index < -0.39 is 48.7 Å². The van der Waals surface area contributed by atoms with Crippen molar-refractivity contribution in [3.05, 3.63) is 61.1 Å². The number of Topliss-reactive ketones (excluding diaryl/α,β-unsaturated/α-hetero) is 1. The summed E-state index contributed by atoms with van der Waals surface area (Å²) in [6.45, 7) is 2.58. The van der Waals surface area contributed by atoms with Crippen molar-refractivity contribution in [3.63, 3.8) is 0 Å². The molecule has 2 amide bonds. The van der Waals surface area contributed by atoms with Gasteiger partial charge in [0.05, 0.1) is 6.42 Å². The number of carbonyl (C=O) groups excluding carboxylic acids is 3. The molecule has 3 aromatic rings. The third-order valence-electron chi connectivity index (χ3n) is 5.38. The van der Waals surface area contributed by atoms with Crippen molar-refractivity contribution in [2.45, 2.75) is 32.4 Å². The highest BCUT2D eigenvalue weighted by atomic mass is 16.5. The highest BCUT2D eigenvalue weighted by Crippen LogP contribution is 2.25. The van der Waals surface area contributed by atoms with Gasteiger partial charge in [0.2, 0.25) is 11.8 Å². The Morgan fingerprint density at radius 1 is 0.946 bits per heavy atom. The quantitative estimate of drug-likeness (QED) is 0.313. The minimum absolute atomic E-state index is 0.127. The van der Waals surface area contributed by atoms with E-state index in [9.17, 15) is 24.3 Å². The van der Waals surface area contributed by atoms with Gasteiger partial charge >= 0.3 is 5.97 Å². The second kappa shape index (κ2) is 13.0. The maximum atomic E-state index is 13.0. The van der Waals surface area contributed by atoms with E-state index in [-0.39, 0.29) is 18.4 Å². The number of nitrogens with one attached hydrogen (secondary N) is 2. The van der Waals surface area contributed by atoms with Crippen molar-refractivity contribution in [2.24, 2.45) is 5.92 Å². The van der Waals surface area contributed by atoms with E-state index in [0.29, 0.717) is 5.75 Å². The molecule has 2 atom stereocenters. The molecular formula is C26H28N4O7. The summed E-state index contributed by atoms with van der Waals surface area (Å²) in [5, 5.41) is 16.1. The highest BCUT2D eigenvalue weighted by molar-refractivity contribution is 5.95. The van der Waals surface area contributed by atoms with E-state index >= 15 is 0 Å². The number of carbonyl (C=O) groups is 4. The highest BCUT2D eigenvalue weighted by Gasteiger charge is 2.30. The number of rotatable bonds is 13. The molecule has 3 N–H and O–H groups in total. The molecular weight excluding hydrogens is 480 g/mol. The van der Waals surface area contributed by atoms with Crippen molar-refractivity contribution in [1.82, 2.24) is 20.6 Å². The van der Waals surface area contributed by atoms with Crippen molar-refractivity contribution in [3.8, 4) is 11.6 Å². The molecule has 2 aromatic carbocycles. The Morgan fingerprint density at radius 2 is 1.70 bits per heavy atom. The number of benzene rings is 2. The molecule has 0 fully saturated rings. The van der Waals surface area contributed by atoms with Gasteiger partial charge < -0.3 is 25.2 Å². The van der Waals surface area contributed by atoms with Gasteiger partial charge in [0.15, 0.2) is 19.0 Å². The molecule has 0 aliphatic carbocycles. The zero-order chi connectivity index (χ0) is 26.8. The van der Waals surface area contributed by atoms with Crippen LogP contribution in [0.4, 0.5) is 0 Å². The molecule has 0 spiro atoms. The number of hydrogen-bond donors (Lipinski definition) is 3. The average Bonchev–Trinajstić information content (AvgIpc) is 2.88. The first kappa shape index (κ1) is 27.1. The number of carboxylic acids is 1. The lowest BCUT2D eigenvalue weighted by Gasteiger charge is -2.24. The molecule has 1 aromatic heterocycles. The van der Waals surface area contributed by atoms with Crippen LogP contribution in [0.2, 0.25) is 0 Å². The lowest BCUT2D eigenvalue weighted by molar-refractivity contribution is -0.141. The van der Waals surface area contributed by atoms with Gasteiger partial charge in [-0.1, -0.05) is 50.2 Å². The first-order valence-corrected chi connectivity index (χ1v) is 11.6. The standard InChI is InChI=1S/C26H28N4O7/c1-16(2)25(30-22(32)14-36-21-9-5-7-17-6-3-4-8-18(17)21)26(35)29-19(12-24(33)34)20(31)13-37-23-10-11-27-15-28-23/h3-11,15-16,19,25H,12-14H2,1-2H3,(H,29,35)(H,30,32)(H,33,34)/t19-,25-/m0/s1. The van der Waals surface area contributed by atoms with Crippen LogP contribution in [0.1, 0.15) is 20.3 Å². The van der Waals surface area contributed by atoms with Crippen LogP contribution in [0.25, 0.3) is 10.8 Å². The summed E-state index contributed by atoms with van der Waals surface area (Å²) in [6.07, 6.45) is 2.00. The minimum Gasteiger partial charge on any atom is -0.483 e. The van der Waals surface area contributed by atoms with Crippen LogP contribution in [0.5, 0.6) is 11.6 Å². The van der Waals surface area contributed by atoms with Gasteiger partial charge in [-0.2, -0.15) is 0 Å². The first-order valence-electron chi connectivity index (χ1n) is 11.6. The molecule has 0 aliphatic rings. The van der Waals surface area contributed by atoms with E-state index in [1.807, 2.05) is 36.4 Å². The molecule has 11 heteroatoms. The molecule has 37 heavy (non-hydrogen) atoms. The third-order valence-corrected chi connectivity index (χ3v) is 5.38. The number of hydrogen-bond acceptors (Lipinski definition) is 8. The summed E-state index contributed by atoms with van der Waals surface area (Å²) in [5.74, 6) is -2.90. The van der Waals surface area contributed by atoms with Gasteiger partial charge in [0.1, 0.15) is 24.2 Å². The van der Waals surface area contributed by atoms with Crippen LogP contribution in [0.3, 0.4) is 0 Å². The van der Waals surface area contributed by atoms with Crippen LogP contribution >= 0.6 is 0 Å². The maximum Gasteiger partial charge on any atom is 0.305 e. The largest absolute Gasteiger partial charge is 0.483 e. The van der Waals surface area contributed by atoms with E-state index in [0.717, 1.165) is 10.8 Å². The third kappa shape index (κ3) is 7.99. The number of aromatic nitrogens is 2. The zero-order valence-corrected chi connectivity index (χ0v) is 20.4. The summed E-state index contributed by atoms with van der Waals surface area (Å²) in [5.41, 5.74) is 0. The number of ketones is 1. The topological polar surface area (TPSA) is 157 Å². The molecule has 0 bridgehead atoms. The number of nitrogens with zero attached hydrogens (tertiary/aromatic N) is 2. The fourth-order valence-corrected chi connectivity index (χ4v) is 3.51. The van der Waals surface area contributed by atoms with Gasteiger partial charge in [0.25, 0.3) is 5.91 Å². The van der Waals surface area contributed by atoms with Crippen LogP contribution in [-0.2, 0) is 19.2 Å². The van der Waals surface area contributed by atoms with Crippen molar-refractivity contribution < 1.29 is 33.8 Å². The Kier molecular flexibility index (Phi) is 9.48. The smallest absolute Gasteiger partial charge is 0.305 e. The van der Waals surface area contributed by atoms with E-state index in [2.05, 4.69) is 20.6 Å². The van der Waals surface area contributed by atoms with Crippen LogP contribution in [-0.4, -0.2) is 63.9 Å². The van der Waals surface area contributed by atoms with Crippen LogP contribution in [0.15, 0.2) is 61.1 Å². The predicted octanol–water partition coefficient (Wildman–Crippen LogP) is 1.76. The monoisotopic (exact) mass is 508 g/mol. The van der Waals surface area contributed by atoms with Crippen molar-refractivity contribution >= 4 is 34.3 Å². The lowest BCUT2D eigenvalue weighted by Crippen LogP contribution is -2.55. The molecule has 0 unspecified atom stereocenters. The number of aliphatic carboxylic acids is 1. The fraction of sp³-hybridized carbons (Fsp3) is 0.308. The predicted molar refractivity (Wildman–Crippen MR) is 133 cm³/mol. The van der Waals surface area contributed by atoms with E-state index in [4.69, 9.17) is 9.47 Å². The van der Waals surface area contributed by atoms with E-state index in [1.54, 1.807) is 19.9 Å². The van der Waals surface area contributed by atoms with Crippen LogP contribution in [0, 0.1) is 5.92 Å². The molecule has 0 saturated carbocycles. The van der Waals surface area contributed by atoms with Gasteiger partial charge in [0, 0.05) is 17.6 Å². The summed E-state index contributed by atoms with van der Waals surface area (Å²) < 4.78 is 10.9. The maximum absolute atomic E-state index is 13.0. The second-order valence-electron chi connectivity index (χ2n) is 8.52. The molecule has 0 radical (unpaired) electrons. The summed E-state index contributed by atoms with van der Waals surface area (Å²) in [7, 11) is 0. The molecule has 11 nitrogen and oxygen atoms in total. The molecule has 3 rings (SSSR count). The van der Waals surface area contributed by atoms with Gasteiger partial charge in [-0.15, -0.1) is 0 Å². The molecule has 194 valence electrons. The Labute approximate surface area is 213 Å². The normalized spacial score (nSPS) is 12.4. The van der Waals surface area contributed by atoms with Crippen molar-refractivity contribution in [1.29, 1.82) is 0 Å². The average molecular weight is 509 g/mol. The Hall–Kier alpha value is -4.54. The number of amides is 2. The molecule has 1 heterocycles. The summed E-state index contributed by atoms with van der Waals surface area (Å²) in [6, 6.07) is 12.1. The molecule has 0 aliphatic heterocycles. The number of fused-ring (bicyclic) bond motifs is 1. The second-order valence-corrected chi connectivity index (χ2v) is 8.52. The van der Waals surface area contributed by atoms with Gasteiger partial charge in [-0.25, -0.2) is 9.97 Å². The van der Waals surface area contributed by atoms with E-state index in [1.165, 1.54) is 18.6 Å². The van der Waals surface area contributed by atoms with Gasteiger partial charge in [-0.05, 0) is 17.4 Å². The number of ether oxygens (including phenoxy) is 2. The lowest BCUT2D eigenvalue weighted by atomic mass is 10.0. The van der Waals surface area contributed by atoms with Crippen molar-refractivity contribution in [2.75, 3.05) is 13.2 Å². The fourth-order valence-electron chi connectivity index (χ4n) is 3.51. The summed E-state index contributed by atoms with van der Waals surface area (Å²) >= 11 is 0. The summed E-state index contributed by atoms with van der Waals surface area (Å²) in [4.78, 5) is 57.1. The zero-order valence-electron chi connectivity index (χ0n) is 20.4. The van der Waals surface area contributed by atoms with Gasteiger partial charge in [-0.3, -0.25) is 19.2 Å². The van der Waals surface area contributed by atoms with Crippen LogP contribution < -0.4 is 20.1 Å². The minimum atomic E-state index is -1.36. The Morgan fingerprint density at radius 3 is 2.41 bits per heavy atom. The Balaban J connectivity index is 1.61. The molecule has 0 saturated heterocycles. The first-order chi connectivity index (χ1) is 17.7.